The fourth-order valence-corrected chi connectivity index (χ4v) is 4.01. The highest BCUT2D eigenvalue weighted by molar-refractivity contribution is 9.10. The number of anilines is 1. The standard InChI is InChI=1S/C27H25BrN4O4/c1-4-24-30-22-13-12-19(28)14-20(22)27(34)32(24)29-15-18-9-7-11-23(35-3)26(18)36-16-25(33)31-21-10-6-5-8-17(21)2/h5-15H,4,16H2,1-3H3,(H,31,33). The fraction of sp³-hybridized carbons (Fsp3) is 0.185. The summed E-state index contributed by atoms with van der Waals surface area (Å²) < 4.78 is 13.4. The molecule has 1 aromatic heterocycles. The van der Waals surface area contributed by atoms with Gasteiger partial charge < -0.3 is 14.8 Å². The number of aromatic nitrogens is 2. The van der Waals surface area contributed by atoms with Gasteiger partial charge in [0.25, 0.3) is 11.5 Å². The second-order valence-corrected chi connectivity index (χ2v) is 8.85. The normalized spacial score (nSPS) is 11.1. The van der Waals surface area contributed by atoms with Crippen LogP contribution in [0.25, 0.3) is 10.9 Å². The van der Waals surface area contributed by atoms with Crippen LogP contribution in [0.5, 0.6) is 11.5 Å². The predicted molar refractivity (Wildman–Crippen MR) is 144 cm³/mol. The molecule has 0 bridgehead atoms. The molecule has 0 fully saturated rings. The molecule has 8 nitrogen and oxygen atoms in total. The summed E-state index contributed by atoms with van der Waals surface area (Å²) in [6.07, 6.45) is 2.02. The maximum Gasteiger partial charge on any atom is 0.282 e. The number of halogens is 1. The van der Waals surface area contributed by atoms with E-state index >= 15 is 0 Å². The van der Waals surface area contributed by atoms with Crippen LogP contribution in [0.2, 0.25) is 0 Å². The Morgan fingerprint density at radius 1 is 1.17 bits per heavy atom. The summed E-state index contributed by atoms with van der Waals surface area (Å²) in [5.74, 6) is 0.985. The minimum Gasteiger partial charge on any atom is -0.493 e. The molecule has 1 N–H and O–H groups in total. The third-order valence-corrected chi connectivity index (χ3v) is 5.99. The number of hydrogen-bond donors (Lipinski definition) is 1. The molecule has 0 spiro atoms. The highest BCUT2D eigenvalue weighted by Crippen LogP contribution is 2.30. The predicted octanol–water partition coefficient (Wildman–Crippen LogP) is 4.94. The van der Waals surface area contributed by atoms with Crippen LogP contribution >= 0.6 is 15.9 Å². The second kappa shape index (κ2) is 11.2. The van der Waals surface area contributed by atoms with Gasteiger partial charge in [0.2, 0.25) is 0 Å². The van der Waals surface area contributed by atoms with Gasteiger partial charge in [0.05, 0.1) is 24.2 Å². The molecule has 9 heteroatoms. The summed E-state index contributed by atoms with van der Waals surface area (Å²) in [5, 5.41) is 7.73. The fourth-order valence-electron chi connectivity index (χ4n) is 3.65. The van der Waals surface area contributed by atoms with Gasteiger partial charge in [-0.2, -0.15) is 9.78 Å². The highest BCUT2D eigenvalue weighted by Gasteiger charge is 2.14. The number of amides is 1. The van der Waals surface area contributed by atoms with Gasteiger partial charge in [-0.15, -0.1) is 0 Å². The topological polar surface area (TPSA) is 94.8 Å². The number of benzene rings is 3. The number of fused-ring (bicyclic) bond motifs is 1. The number of nitrogens with one attached hydrogen (secondary N) is 1. The summed E-state index contributed by atoms with van der Waals surface area (Å²) in [7, 11) is 1.52. The Bertz CT molecular complexity index is 1510. The average molecular weight is 549 g/mol. The van der Waals surface area contributed by atoms with Crippen molar-refractivity contribution >= 4 is 44.6 Å². The first-order chi connectivity index (χ1) is 17.4. The molecule has 4 aromatic rings. The summed E-state index contributed by atoms with van der Waals surface area (Å²) in [6.45, 7) is 3.59. The molecule has 0 unspecified atom stereocenters. The van der Waals surface area contributed by atoms with E-state index in [0.717, 1.165) is 15.7 Å². The van der Waals surface area contributed by atoms with Crippen molar-refractivity contribution < 1.29 is 14.3 Å². The highest BCUT2D eigenvalue weighted by atomic mass is 79.9. The third kappa shape index (κ3) is 5.46. The molecule has 36 heavy (non-hydrogen) atoms. The van der Waals surface area contributed by atoms with Crippen LogP contribution in [0, 0.1) is 6.92 Å². The van der Waals surface area contributed by atoms with Gasteiger partial charge in [-0.1, -0.05) is 47.1 Å². The lowest BCUT2D eigenvalue weighted by Gasteiger charge is -2.14. The zero-order chi connectivity index (χ0) is 25.7. The largest absolute Gasteiger partial charge is 0.493 e. The van der Waals surface area contributed by atoms with E-state index < -0.39 is 0 Å². The first-order valence-electron chi connectivity index (χ1n) is 11.3. The van der Waals surface area contributed by atoms with Crippen molar-refractivity contribution in [2.24, 2.45) is 5.10 Å². The maximum absolute atomic E-state index is 13.2. The Kier molecular flexibility index (Phi) is 7.80. The van der Waals surface area contributed by atoms with Crippen LogP contribution in [0.3, 0.4) is 0 Å². The molecular weight excluding hydrogens is 524 g/mol. The number of ether oxygens (including phenoxy) is 2. The molecular formula is C27H25BrN4O4. The van der Waals surface area contributed by atoms with E-state index in [1.165, 1.54) is 18.0 Å². The van der Waals surface area contributed by atoms with Gasteiger partial charge in [-0.25, -0.2) is 4.98 Å². The van der Waals surface area contributed by atoms with Crippen molar-refractivity contribution in [2.45, 2.75) is 20.3 Å². The first-order valence-corrected chi connectivity index (χ1v) is 12.1. The van der Waals surface area contributed by atoms with Gasteiger partial charge in [-0.05, 0) is 48.9 Å². The van der Waals surface area contributed by atoms with Gasteiger partial charge in [0, 0.05) is 22.1 Å². The molecule has 0 saturated carbocycles. The van der Waals surface area contributed by atoms with E-state index in [-0.39, 0.29) is 18.1 Å². The first kappa shape index (κ1) is 25.1. The van der Waals surface area contributed by atoms with E-state index in [9.17, 15) is 9.59 Å². The number of methoxy groups -OCH3 is 1. The molecule has 3 aromatic carbocycles. The zero-order valence-corrected chi connectivity index (χ0v) is 21.7. The van der Waals surface area contributed by atoms with Gasteiger partial charge in [0.1, 0.15) is 5.82 Å². The molecule has 0 aliphatic carbocycles. The molecule has 0 aliphatic rings. The summed E-state index contributed by atoms with van der Waals surface area (Å²) in [6, 6.07) is 18.1. The number of carbonyl (C=O) groups excluding carboxylic acids is 1. The average Bonchev–Trinajstić information content (AvgIpc) is 2.88. The third-order valence-electron chi connectivity index (χ3n) is 5.50. The van der Waals surface area contributed by atoms with Gasteiger partial charge in [0.15, 0.2) is 18.1 Å². The Morgan fingerprint density at radius 3 is 2.72 bits per heavy atom. The molecule has 1 heterocycles. The van der Waals surface area contributed by atoms with E-state index in [0.29, 0.717) is 40.2 Å². The molecule has 1 amide bonds. The van der Waals surface area contributed by atoms with Gasteiger partial charge >= 0.3 is 0 Å². The lowest BCUT2D eigenvalue weighted by molar-refractivity contribution is -0.118. The Morgan fingerprint density at radius 2 is 1.97 bits per heavy atom. The minimum absolute atomic E-state index is 0.235. The van der Waals surface area contributed by atoms with Crippen molar-refractivity contribution in [1.29, 1.82) is 0 Å². The maximum atomic E-state index is 13.2. The Balaban J connectivity index is 1.64. The lowest BCUT2D eigenvalue weighted by Crippen LogP contribution is -2.22. The van der Waals surface area contributed by atoms with Crippen molar-refractivity contribution in [2.75, 3.05) is 19.0 Å². The van der Waals surface area contributed by atoms with E-state index in [4.69, 9.17) is 9.47 Å². The lowest BCUT2D eigenvalue weighted by atomic mass is 10.2. The Labute approximate surface area is 216 Å². The number of hydrogen-bond acceptors (Lipinski definition) is 6. The van der Waals surface area contributed by atoms with Crippen LogP contribution < -0.4 is 20.3 Å². The molecule has 0 saturated heterocycles. The smallest absolute Gasteiger partial charge is 0.282 e. The Hall–Kier alpha value is -3.98. The number of para-hydroxylation sites is 2. The van der Waals surface area contributed by atoms with Gasteiger partial charge in [-0.3, -0.25) is 9.59 Å². The number of nitrogens with zero attached hydrogens (tertiary/aromatic N) is 3. The summed E-state index contributed by atoms with van der Waals surface area (Å²) >= 11 is 3.40. The van der Waals surface area contributed by atoms with E-state index in [2.05, 4.69) is 31.3 Å². The molecule has 0 atom stereocenters. The molecule has 4 rings (SSSR count). The number of rotatable bonds is 8. The summed E-state index contributed by atoms with van der Waals surface area (Å²) in [5.41, 5.74) is 2.54. The molecule has 0 radical (unpaired) electrons. The van der Waals surface area contributed by atoms with E-state index in [1.807, 2.05) is 44.2 Å². The van der Waals surface area contributed by atoms with Crippen LogP contribution in [0.1, 0.15) is 23.9 Å². The summed E-state index contributed by atoms with van der Waals surface area (Å²) in [4.78, 5) is 30.3. The minimum atomic E-state index is -0.313. The number of carbonyl (C=O) groups is 1. The van der Waals surface area contributed by atoms with Crippen LogP contribution in [-0.2, 0) is 11.2 Å². The van der Waals surface area contributed by atoms with Crippen molar-refractivity contribution in [3.8, 4) is 11.5 Å². The monoisotopic (exact) mass is 548 g/mol. The SMILES string of the molecule is CCc1nc2ccc(Br)cc2c(=O)n1N=Cc1cccc(OC)c1OCC(=O)Nc1ccccc1C. The van der Waals surface area contributed by atoms with Crippen LogP contribution in [-0.4, -0.2) is 35.5 Å². The second-order valence-electron chi connectivity index (χ2n) is 7.93. The van der Waals surface area contributed by atoms with Crippen molar-refractivity contribution in [3.63, 3.8) is 0 Å². The van der Waals surface area contributed by atoms with Crippen molar-refractivity contribution in [1.82, 2.24) is 9.66 Å². The number of aryl methyl sites for hydroxylation is 2. The zero-order valence-electron chi connectivity index (χ0n) is 20.1. The van der Waals surface area contributed by atoms with Crippen molar-refractivity contribution in [3.05, 3.63) is 92.4 Å². The molecule has 0 aliphatic heterocycles. The van der Waals surface area contributed by atoms with Crippen LogP contribution in [0.4, 0.5) is 5.69 Å². The van der Waals surface area contributed by atoms with E-state index in [1.54, 1.807) is 30.3 Å². The molecule has 184 valence electrons. The van der Waals surface area contributed by atoms with Crippen LogP contribution in [0.15, 0.2) is 75.0 Å². The quantitative estimate of drug-likeness (QED) is 0.315.